The molecule has 0 unspecified atom stereocenters. The van der Waals surface area contributed by atoms with Crippen molar-refractivity contribution in [3.8, 4) is 17.0 Å². The summed E-state index contributed by atoms with van der Waals surface area (Å²) in [4.78, 5) is 9.60. The molecule has 0 aliphatic rings. The molecule has 0 saturated carbocycles. The van der Waals surface area contributed by atoms with Gasteiger partial charge in [-0.05, 0) is 50.1 Å². The van der Waals surface area contributed by atoms with E-state index in [9.17, 15) is 0 Å². The lowest BCUT2D eigenvalue weighted by molar-refractivity contribution is 0.415. The third-order valence-electron chi connectivity index (χ3n) is 4.93. The summed E-state index contributed by atoms with van der Waals surface area (Å²) in [6.45, 7) is 8.58. The molecule has 0 atom stereocenters. The Balaban J connectivity index is 2.24. The number of ether oxygens (including phenoxy) is 1. The van der Waals surface area contributed by atoms with Crippen LogP contribution < -0.4 is 10.1 Å². The summed E-state index contributed by atoms with van der Waals surface area (Å²) in [5.41, 5.74) is 5.00. The molecule has 0 radical (unpaired) electrons. The molecular weight excluding hydrogens is 356 g/mol. The zero-order chi connectivity index (χ0) is 19.6. The molecule has 0 fully saturated rings. The molecule has 0 bridgehead atoms. The number of methoxy groups -OCH3 is 1. The average Bonchev–Trinajstić information content (AvgIpc) is 3.03. The Morgan fingerprint density at radius 3 is 2.59 bits per heavy atom. The van der Waals surface area contributed by atoms with Crippen molar-refractivity contribution in [1.82, 2.24) is 14.4 Å². The van der Waals surface area contributed by atoms with Crippen molar-refractivity contribution in [1.29, 1.82) is 0 Å². The van der Waals surface area contributed by atoms with Crippen LogP contribution in [0, 0.1) is 13.8 Å². The highest BCUT2D eigenvalue weighted by Crippen LogP contribution is 2.37. The standard InChI is InChI=1S/C21H28N4OS/c1-7-15(8-2)23-20-21(27-6)24-19-18(22-9-10-25(19)20)17-14(4)11-13(3)12-16(17)26-5/h9-12,15,23H,7-8H2,1-6H3. The van der Waals surface area contributed by atoms with Crippen molar-refractivity contribution < 1.29 is 4.74 Å². The topological polar surface area (TPSA) is 51.5 Å². The first-order chi connectivity index (χ1) is 13.0. The van der Waals surface area contributed by atoms with Gasteiger partial charge in [0.1, 0.15) is 22.3 Å². The number of benzene rings is 1. The highest BCUT2D eigenvalue weighted by atomic mass is 32.2. The second kappa shape index (κ2) is 8.21. The number of imidazole rings is 1. The zero-order valence-electron chi connectivity index (χ0n) is 17.0. The number of anilines is 1. The number of hydrogen-bond donors (Lipinski definition) is 1. The second-order valence-electron chi connectivity index (χ2n) is 6.76. The Morgan fingerprint density at radius 2 is 1.96 bits per heavy atom. The Hall–Kier alpha value is -2.21. The van der Waals surface area contributed by atoms with Gasteiger partial charge in [0.2, 0.25) is 0 Å². The molecule has 1 N–H and O–H groups in total. The fourth-order valence-electron chi connectivity index (χ4n) is 3.49. The molecular formula is C21H28N4OS. The number of thioether (sulfide) groups is 1. The smallest absolute Gasteiger partial charge is 0.166 e. The Morgan fingerprint density at radius 1 is 1.22 bits per heavy atom. The highest BCUT2D eigenvalue weighted by Gasteiger charge is 2.21. The number of fused-ring (bicyclic) bond motifs is 1. The number of nitrogens with one attached hydrogen (secondary N) is 1. The van der Waals surface area contributed by atoms with Crippen LogP contribution in [0.25, 0.3) is 16.9 Å². The third-order valence-corrected chi connectivity index (χ3v) is 5.60. The van der Waals surface area contributed by atoms with Crippen molar-refractivity contribution >= 4 is 23.2 Å². The summed E-state index contributed by atoms with van der Waals surface area (Å²) in [5.74, 6) is 1.87. The maximum absolute atomic E-state index is 5.68. The normalized spacial score (nSPS) is 11.4. The van der Waals surface area contributed by atoms with E-state index in [1.165, 1.54) is 5.56 Å². The molecule has 0 aliphatic carbocycles. The van der Waals surface area contributed by atoms with Crippen LogP contribution in [0.4, 0.5) is 5.82 Å². The summed E-state index contributed by atoms with van der Waals surface area (Å²) in [7, 11) is 1.71. The molecule has 1 aromatic carbocycles. The fraction of sp³-hybridized carbons (Fsp3) is 0.429. The molecule has 6 heteroatoms. The van der Waals surface area contributed by atoms with Crippen LogP contribution in [-0.2, 0) is 0 Å². The summed E-state index contributed by atoms with van der Waals surface area (Å²) < 4.78 is 7.79. The number of rotatable bonds is 7. The average molecular weight is 385 g/mol. The minimum Gasteiger partial charge on any atom is -0.496 e. The van der Waals surface area contributed by atoms with Crippen molar-refractivity contribution in [3.05, 3.63) is 35.7 Å². The first kappa shape index (κ1) is 19.5. The lowest BCUT2D eigenvalue weighted by Crippen LogP contribution is -2.18. The van der Waals surface area contributed by atoms with Crippen molar-refractivity contribution in [2.24, 2.45) is 0 Å². The van der Waals surface area contributed by atoms with E-state index < -0.39 is 0 Å². The van der Waals surface area contributed by atoms with E-state index in [1.54, 1.807) is 18.9 Å². The van der Waals surface area contributed by atoms with Gasteiger partial charge in [-0.25, -0.2) is 4.98 Å². The van der Waals surface area contributed by atoms with Crippen molar-refractivity contribution in [3.63, 3.8) is 0 Å². The maximum Gasteiger partial charge on any atom is 0.166 e. The molecule has 144 valence electrons. The van der Waals surface area contributed by atoms with Gasteiger partial charge < -0.3 is 10.1 Å². The number of nitrogens with zero attached hydrogens (tertiary/aromatic N) is 3. The van der Waals surface area contributed by atoms with Crippen LogP contribution >= 0.6 is 11.8 Å². The van der Waals surface area contributed by atoms with E-state index in [1.807, 2.05) is 12.4 Å². The predicted octanol–water partition coefficient (Wildman–Crippen LogP) is 5.34. The Kier molecular flexibility index (Phi) is 5.95. The first-order valence-corrected chi connectivity index (χ1v) is 10.6. The molecule has 2 heterocycles. The monoisotopic (exact) mass is 384 g/mol. The fourth-order valence-corrected chi connectivity index (χ4v) is 4.01. The summed E-state index contributed by atoms with van der Waals surface area (Å²) in [6.07, 6.45) is 8.02. The SMILES string of the molecule is CCC(CC)Nc1c(SC)nc2c(-c3c(C)cc(C)cc3OC)nccn12. The minimum atomic E-state index is 0.420. The van der Waals surface area contributed by atoms with Crippen LogP contribution in [0.5, 0.6) is 5.75 Å². The lowest BCUT2D eigenvalue weighted by Gasteiger charge is -2.17. The van der Waals surface area contributed by atoms with Gasteiger partial charge in [0.15, 0.2) is 5.65 Å². The first-order valence-electron chi connectivity index (χ1n) is 9.37. The molecule has 0 spiro atoms. The van der Waals surface area contributed by atoms with Gasteiger partial charge in [-0.2, -0.15) is 0 Å². The largest absolute Gasteiger partial charge is 0.496 e. The van der Waals surface area contributed by atoms with E-state index >= 15 is 0 Å². The van der Waals surface area contributed by atoms with Crippen LogP contribution in [0.15, 0.2) is 29.6 Å². The van der Waals surface area contributed by atoms with Crippen molar-refractivity contribution in [2.45, 2.75) is 51.6 Å². The van der Waals surface area contributed by atoms with Gasteiger partial charge in [0.25, 0.3) is 0 Å². The van der Waals surface area contributed by atoms with E-state index in [2.05, 4.69) is 60.8 Å². The second-order valence-corrected chi connectivity index (χ2v) is 7.55. The predicted molar refractivity (Wildman–Crippen MR) is 114 cm³/mol. The molecule has 2 aromatic heterocycles. The van der Waals surface area contributed by atoms with Gasteiger partial charge in [0.05, 0.1) is 7.11 Å². The van der Waals surface area contributed by atoms with E-state index in [-0.39, 0.29) is 0 Å². The number of aromatic nitrogens is 3. The summed E-state index contributed by atoms with van der Waals surface area (Å²) >= 11 is 1.65. The minimum absolute atomic E-state index is 0.420. The molecule has 27 heavy (non-hydrogen) atoms. The van der Waals surface area contributed by atoms with Gasteiger partial charge in [0, 0.05) is 24.0 Å². The Labute approximate surface area is 165 Å². The van der Waals surface area contributed by atoms with Crippen LogP contribution in [0.2, 0.25) is 0 Å². The molecule has 0 amide bonds. The quantitative estimate of drug-likeness (QED) is 0.557. The van der Waals surface area contributed by atoms with Gasteiger partial charge in [-0.3, -0.25) is 9.38 Å². The summed E-state index contributed by atoms with van der Waals surface area (Å²) in [5, 5.41) is 4.66. The molecule has 0 saturated heterocycles. The highest BCUT2D eigenvalue weighted by molar-refractivity contribution is 7.98. The van der Waals surface area contributed by atoms with E-state index in [4.69, 9.17) is 9.72 Å². The van der Waals surface area contributed by atoms with Crippen LogP contribution in [-0.4, -0.2) is 33.8 Å². The van der Waals surface area contributed by atoms with Crippen LogP contribution in [0.1, 0.15) is 37.8 Å². The van der Waals surface area contributed by atoms with E-state index in [0.717, 1.165) is 51.9 Å². The van der Waals surface area contributed by atoms with Crippen molar-refractivity contribution in [2.75, 3.05) is 18.7 Å². The van der Waals surface area contributed by atoms with Gasteiger partial charge in [-0.1, -0.05) is 19.9 Å². The number of aryl methyl sites for hydroxylation is 2. The zero-order valence-corrected chi connectivity index (χ0v) is 17.8. The Bertz CT molecular complexity index is 947. The summed E-state index contributed by atoms with van der Waals surface area (Å²) in [6, 6.07) is 4.63. The molecule has 3 aromatic rings. The van der Waals surface area contributed by atoms with Gasteiger partial charge in [-0.15, -0.1) is 11.8 Å². The molecule has 0 aliphatic heterocycles. The van der Waals surface area contributed by atoms with E-state index in [0.29, 0.717) is 6.04 Å². The van der Waals surface area contributed by atoms with Crippen LogP contribution in [0.3, 0.4) is 0 Å². The number of hydrogen-bond acceptors (Lipinski definition) is 5. The molecule has 3 rings (SSSR count). The lowest BCUT2D eigenvalue weighted by atomic mass is 10.0. The van der Waals surface area contributed by atoms with Gasteiger partial charge >= 0.3 is 0 Å². The maximum atomic E-state index is 5.68. The molecule has 5 nitrogen and oxygen atoms in total. The third kappa shape index (κ3) is 3.63.